The number of piperidine rings is 1. The van der Waals surface area contributed by atoms with Gasteiger partial charge in [0, 0.05) is 23.9 Å². The van der Waals surface area contributed by atoms with E-state index >= 15 is 0 Å². The molecule has 0 radical (unpaired) electrons. The lowest BCUT2D eigenvalue weighted by atomic mass is 9.95. The number of ether oxygens (including phenoxy) is 1. The van der Waals surface area contributed by atoms with Crippen molar-refractivity contribution in [3.8, 4) is 6.07 Å². The summed E-state index contributed by atoms with van der Waals surface area (Å²) in [6, 6.07) is 2.02. The van der Waals surface area contributed by atoms with Gasteiger partial charge in [-0.2, -0.15) is 14.9 Å². The van der Waals surface area contributed by atoms with E-state index in [0.29, 0.717) is 28.9 Å². The van der Waals surface area contributed by atoms with Crippen LogP contribution in [0.15, 0.2) is 18.0 Å². The van der Waals surface area contributed by atoms with Crippen LogP contribution in [0.3, 0.4) is 0 Å². The number of hydrogen-bond donors (Lipinski definition) is 2. The fraction of sp³-hybridized carbons (Fsp3) is 0.438. The van der Waals surface area contributed by atoms with Gasteiger partial charge in [-0.05, 0) is 25.5 Å². The highest BCUT2D eigenvalue weighted by Gasteiger charge is 2.27. The molecule has 0 amide bonds. The highest BCUT2D eigenvalue weighted by molar-refractivity contribution is 6.33. The van der Waals surface area contributed by atoms with Gasteiger partial charge in [0.15, 0.2) is 11.4 Å². The summed E-state index contributed by atoms with van der Waals surface area (Å²) in [5, 5.41) is 17.1. The lowest BCUT2D eigenvalue weighted by molar-refractivity contribution is 0.249. The molecule has 2 atom stereocenters. The van der Waals surface area contributed by atoms with Crippen LogP contribution in [0, 0.1) is 11.3 Å². The first-order valence-corrected chi connectivity index (χ1v) is 8.34. The van der Waals surface area contributed by atoms with Crippen LogP contribution >= 0.6 is 11.6 Å². The van der Waals surface area contributed by atoms with Crippen LogP contribution in [0.2, 0.25) is 5.02 Å². The molecule has 0 spiro atoms. The second-order valence-electron chi connectivity index (χ2n) is 6.14. The largest absolute Gasteiger partial charge is 0.483 e. The Labute approximate surface area is 144 Å². The number of hydrogen-bond acceptors (Lipinski definition) is 6. The maximum Gasteiger partial charge on any atom is 0.193 e. The van der Waals surface area contributed by atoms with Crippen molar-refractivity contribution in [1.82, 2.24) is 19.9 Å². The standard InChI is InChI=1S/C16H17ClN6O/c17-13-14(9-2-1-3-20-6-9)22-16-12(7-21-23(16)15(13)19)10-4-11(5-18)24-8-10/h4,7,9-10,20H,1-3,6,8,19H2. The Hall–Kier alpha value is -2.30. The normalized spacial score (nSPS) is 23.8. The lowest BCUT2D eigenvalue weighted by Crippen LogP contribution is -2.29. The zero-order valence-corrected chi connectivity index (χ0v) is 13.8. The Balaban J connectivity index is 1.82. The molecule has 8 heteroatoms. The molecule has 2 aromatic heterocycles. The monoisotopic (exact) mass is 344 g/mol. The second kappa shape index (κ2) is 5.96. The minimum atomic E-state index is -0.0532. The number of fused-ring (bicyclic) bond motifs is 1. The molecule has 7 nitrogen and oxygen atoms in total. The van der Waals surface area contributed by atoms with Gasteiger partial charge in [-0.3, -0.25) is 0 Å². The molecule has 0 bridgehead atoms. The third-order valence-corrected chi connectivity index (χ3v) is 5.03. The zero-order valence-electron chi connectivity index (χ0n) is 13.0. The molecule has 1 fully saturated rings. The SMILES string of the molecule is N#CC1=CC(c2cnn3c(N)c(Cl)c(C4CCCNC4)nc23)CO1. The van der Waals surface area contributed by atoms with Crippen molar-refractivity contribution in [2.24, 2.45) is 0 Å². The Kier molecular flexibility index (Phi) is 3.79. The summed E-state index contributed by atoms with van der Waals surface area (Å²) in [7, 11) is 0. The molecule has 1 saturated heterocycles. The topological polar surface area (TPSA) is 101 Å². The highest BCUT2D eigenvalue weighted by Crippen LogP contribution is 2.35. The Morgan fingerprint density at radius 2 is 2.38 bits per heavy atom. The number of anilines is 1. The van der Waals surface area contributed by atoms with Crippen LogP contribution in [0.1, 0.15) is 35.9 Å². The molecule has 2 aromatic rings. The van der Waals surface area contributed by atoms with Gasteiger partial charge in [-0.1, -0.05) is 11.6 Å². The van der Waals surface area contributed by atoms with Gasteiger partial charge in [-0.25, -0.2) is 4.98 Å². The Bertz CT molecular complexity index is 862. The summed E-state index contributed by atoms with van der Waals surface area (Å²) < 4.78 is 6.92. The van der Waals surface area contributed by atoms with E-state index in [1.54, 1.807) is 16.8 Å². The summed E-state index contributed by atoms with van der Waals surface area (Å²) >= 11 is 6.46. The van der Waals surface area contributed by atoms with Crippen molar-refractivity contribution in [2.75, 3.05) is 25.4 Å². The number of rotatable bonds is 2. The molecule has 2 unspecified atom stereocenters. The van der Waals surface area contributed by atoms with Crippen LogP contribution in [-0.4, -0.2) is 34.3 Å². The first kappa shape index (κ1) is 15.2. The second-order valence-corrected chi connectivity index (χ2v) is 6.51. The fourth-order valence-corrected chi connectivity index (χ4v) is 3.63. The van der Waals surface area contributed by atoms with E-state index < -0.39 is 0 Å². The molecule has 124 valence electrons. The van der Waals surface area contributed by atoms with Crippen molar-refractivity contribution in [3.63, 3.8) is 0 Å². The summed E-state index contributed by atoms with van der Waals surface area (Å²) in [6.45, 7) is 2.27. The average molecular weight is 345 g/mol. The molecular formula is C16H17ClN6O. The predicted molar refractivity (Wildman–Crippen MR) is 89.6 cm³/mol. The number of nitrogens with zero attached hydrogens (tertiary/aromatic N) is 4. The van der Waals surface area contributed by atoms with E-state index in [1.165, 1.54) is 0 Å². The molecule has 0 saturated carbocycles. The van der Waals surface area contributed by atoms with Gasteiger partial charge in [-0.15, -0.1) is 0 Å². The van der Waals surface area contributed by atoms with Crippen molar-refractivity contribution >= 4 is 23.1 Å². The van der Waals surface area contributed by atoms with Gasteiger partial charge in [0.1, 0.15) is 16.9 Å². The van der Waals surface area contributed by atoms with E-state index in [0.717, 1.165) is 37.2 Å². The summed E-state index contributed by atoms with van der Waals surface area (Å²) in [4.78, 5) is 4.80. The Morgan fingerprint density at radius 3 is 3.08 bits per heavy atom. The first-order chi connectivity index (χ1) is 11.7. The predicted octanol–water partition coefficient (Wildman–Crippen LogP) is 1.95. The number of nitrogens with one attached hydrogen (secondary N) is 1. The summed E-state index contributed by atoms with van der Waals surface area (Å²) in [5.74, 6) is 0.920. The number of nitrogens with two attached hydrogens (primary N) is 1. The van der Waals surface area contributed by atoms with Crippen molar-refractivity contribution in [2.45, 2.75) is 24.7 Å². The third-order valence-electron chi connectivity index (χ3n) is 4.64. The zero-order chi connectivity index (χ0) is 16.7. The maximum absolute atomic E-state index is 8.97. The molecule has 0 aliphatic carbocycles. The van der Waals surface area contributed by atoms with Gasteiger partial charge >= 0.3 is 0 Å². The number of aromatic nitrogens is 3. The molecule has 0 aromatic carbocycles. The van der Waals surface area contributed by atoms with Gasteiger partial charge < -0.3 is 15.8 Å². The molecule has 4 rings (SSSR count). The van der Waals surface area contributed by atoms with Crippen molar-refractivity contribution in [3.05, 3.63) is 34.3 Å². The number of allylic oxidation sites excluding steroid dienone is 1. The first-order valence-electron chi connectivity index (χ1n) is 7.97. The molecule has 24 heavy (non-hydrogen) atoms. The molecule has 2 aliphatic rings. The fourth-order valence-electron chi connectivity index (χ4n) is 3.36. The van der Waals surface area contributed by atoms with E-state index in [4.69, 9.17) is 32.3 Å². The van der Waals surface area contributed by atoms with E-state index in [9.17, 15) is 0 Å². The number of nitrogen functional groups attached to an aromatic ring is 1. The van der Waals surface area contributed by atoms with Gasteiger partial charge in [0.05, 0.1) is 18.5 Å². The molecule has 3 N–H and O–H groups in total. The highest BCUT2D eigenvalue weighted by atomic mass is 35.5. The van der Waals surface area contributed by atoms with Gasteiger partial charge in [0.2, 0.25) is 0 Å². The molecule has 2 aliphatic heterocycles. The summed E-state index contributed by atoms with van der Waals surface area (Å²) in [5.41, 5.74) is 8.60. The minimum Gasteiger partial charge on any atom is -0.483 e. The quantitative estimate of drug-likeness (QED) is 0.863. The van der Waals surface area contributed by atoms with E-state index in [1.807, 2.05) is 6.07 Å². The lowest BCUT2D eigenvalue weighted by Gasteiger charge is -2.23. The number of nitriles is 1. The van der Waals surface area contributed by atoms with Gasteiger partial charge in [0.25, 0.3) is 0 Å². The number of halogens is 1. The van der Waals surface area contributed by atoms with E-state index in [2.05, 4.69) is 10.4 Å². The molecular weight excluding hydrogens is 328 g/mol. The van der Waals surface area contributed by atoms with Crippen molar-refractivity contribution in [1.29, 1.82) is 5.26 Å². The van der Waals surface area contributed by atoms with E-state index in [-0.39, 0.29) is 11.8 Å². The third kappa shape index (κ3) is 2.39. The van der Waals surface area contributed by atoms with Crippen LogP contribution in [0.25, 0.3) is 5.65 Å². The van der Waals surface area contributed by atoms with Crippen LogP contribution in [0.4, 0.5) is 5.82 Å². The molecule has 4 heterocycles. The minimum absolute atomic E-state index is 0.0532. The van der Waals surface area contributed by atoms with Crippen molar-refractivity contribution < 1.29 is 4.74 Å². The summed E-state index contributed by atoms with van der Waals surface area (Å²) in [6.07, 6.45) is 5.64. The van der Waals surface area contributed by atoms with Crippen LogP contribution in [-0.2, 0) is 4.74 Å². The smallest absolute Gasteiger partial charge is 0.193 e. The maximum atomic E-state index is 8.97. The average Bonchev–Trinajstić information content (AvgIpc) is 3.25. The van der Waals surface area contributed by atoms with Crippen LogP contribution in [0.5, 0.6) is 0 Å². The van der Waals surface area contributed by atoms with Crippen LogP contribution < -0.4 is 11.1 Å². The Morgan fingerprint density at radius 1 is 1.50 bits per heavy atom.